The summed E-state index contributed by atoms with van der Waals surface area (Å²) in [4.78, 5) is 22.8. The highest BCUT2D eigenvalue weighted by Crippen LogP contribution is 2.31. The van der Waals surface area contributed by atoms with Crippen molar-refractivity contribution in [3.63, 3.8) is 0 Å². The molecule has 166 valence electrons. The third kappa shape index (κ3) is 4.94. The van der Waals surface area contributed by atoms with Crippen molar-refractivity contribution in [3.8, 4) is 17.2 Å². The summed E-state index contributed by atoms with van der Waals surface area (Å²) in [5.74, 6) is 0.877. The van der Waals surface area contributed by atoms with Crippen LogP contribution in [0.5, 0.6) is 11.5 Å². The number of amides is 1. The van der Waals surface area contributed by atoms with Gasteiger partial charge in [-0.2, -0.15) is 5.10 Å². The summed E-state index contributed by atoms with van der Waals surface area (Å²) in [7, 11) is 3.06. The van der Waals surface area contributed by atoms with Crippen LogP contribution in [0.3, 0.4) is 0 Å². The van der Waals surface area contributed by atoms with E-state index in [9.17, 15) is 14.9 Å². The van der Waals surface area contributed by atoms with Crippen LogP contribution in [0, 0.1) is 24.0 Å². The molecule has 0 fully saturated rings. The highest BCUT2D eigenvalue weighted by atomic mass is 16.6. The van der Waals surface area contributed by atoms with Crippen LogP contribution in [-0.4, -0.2) is 35.8 Å². The van der Waals surface area contributed by atoms with Crippen LogP contribution in [0.4, 0.5) is 5.69 Å². The van der Waals surface area contributed by atoms with E-state index in [4.69, 9.17) is 9.47 Å². The summed E-state index contributed by atoms with van der Waals surface area (Å²) in [6, 6.07) is 13.6. The number of hydrazone groups is 1. The van der Waals surface area contributed by atoms with Crippen LogP contribution >= 0.6 is 0 Å². The molecule has 9 nitrogen and oxygen atoms in total. The summed E-state index contributed by atoms with van der Waals surface area (Å²) in [5, 5.41) is 15.1. The lowest BCUT2D eigenvalue weighted by Gasteiger charge is -2.13. The number of nitro groups is 1. The Morgan fingerprint density at radius 1 is 1.12 bits per heavy atom. The van der Waals surface area contributed by atoms with E-state index < -0.39 is 4.92 Å². The molecule has 3 aromatic rings. The number of ether oxygens (including phenoxy) is 2. The molecular formula is C23H24N4O5. The molecule has 0 aliphatic rings. The molecule has 32 heavy (non-hydrogen) atoms. The quantitative estimate of drug-likeness (QED) is 0.329. The van der Waals surface area contributed by atoms with Gasteiger partial charge in [0.25, 0.3) is 5.69 Å². The van der Waals surface area contributed by atoms with E-state index in [1.165, 1.54) is 19.2 Å². The van der Waals surface area contributed by atoms with Crippen molar-refractivity contribution in [2.75, 3.05) is 14.2 Å². The lowest BCUT2D eigenvalue weighted by molar-refractivity contribution is -0.384. The molecule has 0 saturated carbocycles. The zero-order valence-electron chi connectivity index (χ0n) is 18.3. The van der Waals surface area contributed by atoms with Crippen LogP contribution < -0.4 is 14.9 Å². The Labute approximate surface area is 185 Å². The Hall–Kier alpha value is -4.14. The number of carbonyl (C=O) groups excluding carboxylic acids is 1. The SMILES string of the molecule is COc1ccc(CC(=O)N/N=C\c2cc(C)n(-c3ccc([N+](=O)[O-])cc3OC)c2C)cc1. The molecule has 9 heteroatoms. The largest absolute Gasteiger partial charge is 0.497 e. The number of carbonyl (C=O) groups is 1. The average Bonchev–Trinajstić information content (AvgIpc) is 3.06. The van der Waals surface area contributed by atoms with Gasteiger partial charge in [0, 0.05) is 23.0 Å². The fourth-order valence-corrected chi connectivity index (χ4v) is 3.40. The molecule has 0 atom stereocenters. The van der Waals surface area contributed by atoms with Crippen molar-refractivity contribution in [1.82, 2.24) is 9.99 Å². The van der Waals surface area contributed by atoms with Gasteiger partial charge in [-0.25, -0.2) is 5.43 Å². The van der Waals surface area contributed by atoms with Gasteiger partial charge in [-0.05, 0) is 43.7 Å². The molecule has 2 aromatic carbocycles. The number of hydrogen-bond acceptors (Lipinski definition) is 6. The first-order valence-corrected chi connectivity index (χ1v) is 9.80. The molecule has 1 aromatic heterocycles. The predicted octanol–water partition coefficient (Wildman–Crippen LogP) is 3.71. The minimum Gasteiger partial charge on any atom is -0.497 e. The Bertz CT molecular complexity index is 1170. The van der Waals surface area contributed by atoms with Crippen molar-refractivity contribution in [2.24, 2.45) is 5.10 Å². The summed E-state index contributed by atoms with van der Waals surface area (Å²) >= 11 is 0. The van der Waals surface area contributed by atoms with Gasteiger partial charge in [0.1, 0.15) is 11.5 Å². The number of rotatable bonds is 8. The number of methoxy groups -OCH3 is 2. The molecule has 0 saturated heterocycles. The van der Waals surface area contributed by atoms with Gasteiger partial charge < -0.3 is 14.0 Å². The highest BCUT2D eigenvalue weighted by Gasteiger charge is 2.17. The van der Waals surface area contributed by atoms with Crippen LogP contribution in [0.15, 0.2) is 53.6 Å². The fourth-order valence-electron chi connectivity index (χ4n) is 3.40. The van der Waals surface area contributed by atoms with Crippen molar-refractivity contribution in [3.05, 3.63) is 81.2 Å². The highest BCUT2D eigenvalue weighted by molar-refractivity contribution is 5.85. The van der Waals surface area contributed by atoms with Gasteiger partial charge in [0.05, 0.1) is 43.5 Å². The molecule has 0 spiro atoms. The molecule has 1 N–H and O–H groups in total. The van der Waals surface area contributed by atoms with Gasteiger partial charge in [0.2, 0.25) is 5.91 Å². The van der Waals surface area contributed by atoms with Crippen molar-refractivity contribution < 1.29 is 19.2 Å². The Kier molecular flexibility index (Phi) is 6.89. The third-order valence-corrected chi connectivity index (χ3v) is 5.00. The maximum absolute atomic E-state index is 12.2. The molecule has 0 radical (unpaired) electrons. The number of benzene rings is 2. The van der Waals surface area contributed by atoms with Gasteiger partial charge in [-0.15, -0.1) is 0 Å². The minimum absolute atomic E-state index is 0.0468. The van der Waals surface area contributed by atoms with E-state index in [1.54, 1.807) is 31.5 Å². The van der Waals surface area contributed by atoms with Gasteiger partial charge in [0.15, 0.2) is 0 Å². The Morgan fingerprint density at radius 3 is 2.47 bits per heavy atom. The normalized spacial score (nSPS) is 10.9. The number of nitro benzene ring substituents is 1. The topological polar surface area (TPSA) is 108 Å². The zero-order valence-corrected chi connectivity index (χ0v) is 18.3. The Balaban J connectivity index is 1.75. The standard InChI is InChI=1S/C23H24N4O5/c1-15-11-18(14-24-25-23(28)12-17-5-8-20(31-3)9-6-17)16(2)26(15)21-10-7-19(27(29)30)13-22(21)32-4/h5-11,13-14H,12H2,1-4H3,(H,25,28)/b24-14-. The first-order valence-electron chi connectivity index (χ1n) is 9.80. The van der Waals surface area contributed by atoms with Gasteiger partial charge in [-0.3, -0.25) is 14.9 Å². The lowest BCUT2D eigenvalue weighted by Crippen LogP contribution is -2.19. The molecule has 1 amide bonds. The maximum atomic E-state index is 12.2. The van der Waals surface area contributed by atoms with Gasteiger partial charge in [-0.1, -0.05) is 12.1 Å². The van der Waals surface area contributed by atoms with Crippen molar-refractivity contribution in [1.29, 1.82) is 0 Å². The second-order valence-electron chi connectivity index (χ2n) is 7.09. The van der Waals surface area contributed by atoms with E-state index in [2.05, 4.69) is 10.5 Å². The van der Waals surface area contributed by atoms with E-state index in [-0.39, 0.29) is 18.0 Å². The second-order valence-corrected chi connectivity index (χ2v) is 7.09. The third-order valence-electron chi connectivity index (χ3n) is 5.00. The fraction of sp³-hybridized carbons (Fsp3) is 0.217. The first-order chi connectivity index (χ1) is 15.3. The molecule has 0 aliphatic carbocycles. The van der Waals surface area contributed by atoms with Crippen LogP contribution in [-0.2, 0) is 11.2 Å². The number of nitrogens with zero attached hydrogens (tertiary/aromatic N) is 3. The van der Waals surface area contributed by atoms with E-state index in [0.29, 0.717) is 11.4 Å². The van der Waals surface area contributed by atoms with Crippen LogP contribution in [0.1, 0.15) is 22.5 Å². The molecule has 0 unspecified atom stereocenters. The maximum Gasteiger partial charge on any atom is 0.273 e. The number of non-ortho nitro benzene ring substituents is 1. The predicted molar refractivity (Wildman–Crippen MR) is 121 cm³/mol. The Morgan fingerprint density at radius 2 is 1.84 bits per heavy atom. The smallest absolute Gasteiger partial charge is 0.273 e. The molecule has 0 aliphatic heterocycles. The van der Waals surface area contributed by atoms with Gasteiger partial charge >= 0.3 is 0 Å². The number of aryl methyl sites for hydroxylation is 1. The summed E-state index contributed by atoms with van der Waals surface area (Å²) in [6.07, 6.45) is 1.77. The molecule has 1 heterocycles. The van der Waals surface area contributed by atoms with Crippen LogP contribution in [0.25, 0.3) is 5.69 Å². The number of nitrogens with one attached hydrogen (secondary N) is 1. The lowest BCUT2D eigenvalue weighted by atomic mass is 10.1. The summed E-state index contributed by atoms with van der Waals surface area (Å²) < 4.78 is 12.4. The van der Waals surface area contributed by atoms with E-state index >= 15 is 0 Å². The van der Waals surface area contributed by atoms with Crippen molar-refractivity contribution >= 4 is 17.8 Å². The first kappa shape index (κ1) is 22.5. The summed E-state index contributed by atoms with van der Waals surface area (Å²) in [6.45, 7) is 3.81. The molecular weight excluding hydrogens is 412 g/mol. The van der Waals surface area contributed by atoms with Crippen LogP contribution in [0.2, 0.25) is 0 Å². The monoisotopic (exact) mass is 436 g/mol. The number of aromatic nitrogens is 1. The second kappa shape index (κ2) is 9.78. The van der Waals surface area contributed by atoms with Crippen molar-refractivity contribution in [2.45, 2.75) is 20.3 Å². The molecule has 0 bridgehead atoms. The van der Waals surface area contributed by atoms with E-state index in [0.717, 1.165) is 28.3 Å². The van der Waals surface area contributed by atoms with E-state index in [1.807, 2.05) is 36.6 Å². The minimum atomic E-state index is -0.464. The average molecular weight is 436 g/mol. The number of hydrogen-bond donors (Lipinski definition) is 1. The zero-order chi connectivity index (χ0) is 23.3. The molecule has 3 rings (SSSR count). The summed E-state index contributed by atoms with van der Waals surface area (Å²) in [5.41, 5.74) is 6.55.